The molecule has 1 saturated heterocycles. The van der Waals surface area contributed by atoms with E-state index in [4.69, 9.17) is 0 Å². The average molecular weight is 262 g/mol. The Hall–Kier alpha value is -1.00. The summed E-state index contributed by atoms with van der Waals surface area (Å²) in [5, 5.41) is 3.70. The Morgan fingerprint density at radius 1 is 1.42 bits per heavy atom. The fourth-order valence-electron chi connectivity index (χ4n) is 2.65. The smallest absolute Gasteiger partial charge is 0.115 e. The van der Waals surface area contributed by atoms with Crippen molar-refractivity contribution in [1.82, 2.24) is 20.2 Å². The summed E-state index contributed by atoms with van der Waals surface area (Å²) in [7, 11) is 0. The summed E-state index contributed by atoms with van der Waals surface area (Å²) < 4.78 is 0. The second-order valence-electron chi connectivity index (χ2n) is 6.52. The van der Waals surface area contributed by atoms with Crippen LogP contribution in [0.1, 0.15) is 39.8 Å². The predicted octanol–water partition coefficient (Wildman–Crippen LogP) is 2.08. The van der Waals surface area contributed by atoms with Crippen LogP contribution in [0.4, 0.5) is 0 Å². The zero-order chi connectivity index (χ0) is 13.9. The first-order valence-corrected chi connectivity index (χ1v) is 7.23. The van der Waals surface area contributed by atoms with Crippen molar-refractivity contribution >= 4 is 0 Å². The molecule has 19 heavy (non-hydrogen) atoms. The molecule has 0 aliphatic carbocycles. The highest BCUT2D eigenvalue weighted by Gasteiger charge is 2.33. The van der Waals surface area contributed by atoms with Crippen LogP contribution >= 0.6 is 0 Å². The fraction of sp³-hybridized carbons (Fsp3) is 0.733. The van der Waals surface area contributed by atoms with E-state index in [2.05, 4.69) is 47.9 Å². The van der Waals surface area contributed by atoms with Gasteiger partial charge in [0.2, 0.25) is 0 Å². The molecule has 1 aliphatic heterocycles. The Labute approximate surface area is 116 Å². The number of hydrogen-bond donors (Lipinski definition) is 1. The summed E-state index contributed by atoms with van der Waals surface area (Å²) in [5.41, 5.74) is 1.41. The van der Waals surface area contributed by atoms with Gasteiger partial charge in [-0.1, -0.05) is 27.7 Å². The van der Waals surface area contributed by atoms with Crippen molar-refractivity contribution in [3.63, 3.8) is 0 Å². The van der Waals surface area contributed by atoms with E-state index >= 15 is 0 Å². The van der Waals surface area contributed by atoms with Crippen molar-refractivity contribution in [2.24, 2.45) is 5.41 Å². The highest BCUT2D eigenvalue weighted by molar-refractivity contribution is 5.00. The summed E-state index contributed by atoms with van der Waals surface area (Å²) in [6.07, 6.45) is 4.64. The number of aromatic nitrogens is 2. The van der Waals surface area contributed by atoms with Gasteiger partial charge < -0.3 is 5.32 Å². The highest BCUT2D eigenvalue weighted by atomic mass is 15.2. The van der Waals surface area contributed by atoms with Gasteiger partial charge in [0, 0.05) is 37.9 Å². The maximum absolute atomic E-state index is 4.36. The van der Waals surface area contributed by atoms with E-state index in [1.165, 1.54) is 6.42 Å². The minimum Gasteiger partial charge on any atom is -0.311 e. The average Bonchev–Trinajstić information content (AvgIpc) is 2.39. The minimum atomic E-state index is 0.294. The molecule has 0 amide bonds. The van der Waals surface area contributed by atoms with E-state index in [1.54, 1.807) is 6.33 Å². The van der Waals surface area contributed by atoms with E-state index in [0.717, 1.165) is 25.3 Å². The van der Waals surface area contributed by atoms with Crippen LogP contribution in [-0.4, -0.2) is 40.0 Å². The second kappa shape index (κ2) is 5.97. The van der Waals surface area contributed by atoms with Crippen molar-refractivity contribution in [1.29, 1.82) is 0 Å². The zero-order valence-corrected chi connectivity index (χ0v) is 12.6. The maximum Gasteiger partial charge on any atom is 0.115 e. The molecule has 0 spiro atoms. The molecule has 2 atom stereocenters. The summed E-state index contributed by atoms with van der Waals surface area (Å²) >= 11 is 0. The molecular formula is C15H26N4. The monoisotopic (exact) mass is 262 g/mol. The minimum absolute atomic E-state index is 0.294. The number of rotatable bonds is 3. The van der Waals surface area contributed by atoms with Gasteiger partial charge in [-0.05, 0) is 17.9 Å². The molecule has 2 heterocycles. The van der Waals surface area contributed by atoms with E-state index in [1.807, 2.05) is 12.3 Å². The Kier molecular flexibility index (Phi) is 4.53. The van der Waals surface area contributed by atoms with E-state index < -0.39 is 0 Å². The topological polar surface area (TPSA) is 41.0 Å². The molecule has 1 aliphatic rings. The summed E-state index contributed by atoms with van der Waals surface area (Å²) in [6, 6.07) is 3.16. The maximum atomic E-state index is 4.36. The van der Waals surface area contributed by atoms with Crippen molar-refractivity contribution in [3.8, 4) is 0 Å². The first-order valence-electron chi connectivity index (χ1n) is 7.23. The number of piperazine rings is 1. The van der Waals surface area contributed by atoms with Crippen LogP contribution in [0.25, 0.3) is 0 Å². The molecule has 1 aromatic rings. The van der Waals surface area contributed by atoms with Crippen LogP contribution in [0.15, 0.2) is 18.6 Å². The van der Waals surface area contributed by atoms with Crippen molar-refractivity contribution in [2.75, 3.05) is 13.1 Å². The number of hydrogen-bond acceptors (Lipinski definition) is 4. The lowest BCUT2D eigenvalue weighted by Gasteiger charge is -2.44. The first-order chi connectivity index (χ1) is 9.00. The lowest BCUT2D eigenvalue weighted by molar-refractivity contribution is 0.0765. The lowest BCUT2D eigenvalue weighted by atomic mass is 9.84. The van der Waals surface area contributed by atoms with Gasteiger partial charge in [-0.2, -0.15) is 0 Å². The molecule has 4 nitrogen and oxygen atoms in total. The lowest BCUT2D eigenvalue weighted by Crippen LogP contribution is -2.59. The normalized spacial score (nSPS) is 25.5. The third-order valence-corrected chi connectivity index (χ3v) is 4.06. The summed E-state index contributed by atoms with van der Waals surface area (Å²) in [5.74, 6) is 0. The van der Waals surface area contributed by atoms with Gasteiger partial charge >= 0.3 is 0 Å². The van der Waals surface area contributed by atoms with E-state index in [0.29, 0.717) is 17.5 Å². The molecular weight excluding hydrogens is 236 g/mol. The van der Waals surface area contributed by atoms with Crippen molar-refractivity contribution in [3.05, 3.63) is 24.3 Å². The third-order valence-electron chi connectivity index (χ3n) is 4.06. The first kappa shape index (κ1) is 14.4. The molecule has 1 fully saturated rings. The molecule has 1 aromatic heterocycles. The van der Waals surface area contributed by atoms with Crippen LogP contribution in [0.5, 0.6) is 0 Å². The van der Waals surface area contributed by atoms with Crippen LogP contribution in [0.2, 0.25) is 0 Å². The molecule has 4 heteroatoms. The van der Waals surface area contributed by atoms with E-state index in [9.17, 15) is 0 Å². The van der Waals surface area contributed by atoms with Crippen LogP contribution in [0.3, 0.4) is 0 Å². The quantitative estimate of drug-likeness (QED) is 0.905. The summed E-state index contributed by atoms with van der Waals surface area (Å²) in [4.78, 5) is 10.9. The van der Waals surface area contributed by atoms with Gasteiger partial charge in [-0.3, -0.25) is 4.90 Å². The molecule has 0 radical (unpaired) electrons. The van der Waals surface area contributed by atoms with Crippen molar-refractivity contribution in [2.45, 2.75) is 52.7 Å². The van der Waals surface area contributed by atoms with Crippen LogP contribution in [0, 0.1) is 5.41 Å². The number of nitrogens with zero attached hydrogens (tertiary/aromatic N) is 3. The van der Waals surface area contributed by atoms with Crippen molar-refractivity contribution < 1.29 is 0 Å². The Balaban J connectivity index is 2.06. The molecule has 2 rings (SSSR count). The Bertz CT molecular complexity index is 385. The van der Waals surface area contributed by atoms with E-state index in [-0.39, 0.29) is 0 Å². The molecule has 2 unspecified atom stereocenters. The summed E-state index contributed by atoms with van der Waals surface area (Å²) in [6.45, 7) is 12.3. The van der Waals surface area contributed by atoms with Gasteiger partial charge in [0.25, 0.3) is 0 Å². The second-order valence-corrected chi connectivity index (χ2v) is 6.52. The Morgan fingerprint density at radius 3 is 2.79 bits per heavy atom. The molecule has 1 N–H and O–H groups in total. The zero-order valence-electron chi connectivity index (χ0n) is 12.6. The highest BCUT2D eigenvalue weighted by Crippen LogP contribution is 2.25. The molecule has 106 valence electrons. The fourth-order valence-corrected chi connectivity index (χ4v) is 2.65. The van der Waals surface area contributed by atoms with Crippen LogP contribution in [-0.2, 0) is 6.54 Å². The number of nitrogens with one attached hydrogen (secondary N) is 1. The molecule has 0 bridgehead atoms. The van der Waals surface area contributed by atoms with Gasteiger partial charge in [-0.15, -0.1) is 0 Å². The SMILES string of the molecule is CCC1CNC(C(C)(C)C)CN1Cc1ccncn1. The predicted molar refractivity (Wildman–Crippen MR) is 77.8 cm³/mol. The van der Waals surface area contributed by atoms with Crippen LogP contribution < -0.4 is 5.32 Å². The standard InChI is InChI=1S/C15H26N4/c1-5-13-8-17-14(15(2,3)4)10-19(13)9-12-6-7-16-11-18-12/h6-7,11,13-14,17H,5,8-10H2,1-4H3. The molecule has 0 aromatic carbocycles. The van der Waals surface area contributed by atoms with Gasteiger partial charge in [0.15, 0.2) is 0 Å². The van der Waals surface area contributed by atoms with Gasteiger partial charge in [0.1, 0.15) is 6.33 Å². The van der Waals surface area contributed by atoms with Gasteiger partial charge in [-0.25, -0.2) is 9.97 Å². The largest absolute Gasteiger partial charge is 0.311 e. The molecule has 0 saturated carbocycles. The van der Waals surface area contributed by atoms with Gasteiger partial charge in [0.05, 0.1) is 5.69 Å². The Morgan fingerprint density at radius 2 is 2.21 bits per heavy atom. The third kappa shape index (κ3) is 3.74.